The number of rotatable bonds is 6. The molecule has 0 spiro atoms. The Hall–Kier alpha value is -3.36. The number of nitro groups is 1. The van der Waals surface area contributed by atoms with E-state index in [1.54, 1.807) is 0 Å². The molecule has 0 heterocycles. The Morgan fingerprint density at radius 1 is 1.20 bits per heavy atom. The number of carboxylic acids is 1. The Bertz CT molecular complexity index is 841. The van der Waals surface area contributed by atoms with Crippen LogP contribution in [0.5, 0.6) is 0 Å². The summed E-state index contributed by atoms with van der Waals surface area (Å²) in [5.41, 5.74) is -0.731. The van der Waals surface area contributed by atoms with Gasteiger partial charge < -0.3 is 10.4 Å². The monoisotopic (exact) mass is 350 g/mol. The van der Waals surface area contributed by atoms with Crippen molar-refractivity contribution in [1.29, 1.82) is 0 Å². The molecule has 0 radical (unpaired) electrons. The highest BCUT2D eigenvalue weighted by Gasteiger charge is 2.25. The summed E-state index contributed by atoms with van der Waals surface area (Å²) in [6.07, 6.45) is -0.374. The second-order valence-corrected chi connectivity index (χ2v) is 5.08. The summed E-state index contributed by atoms with van der Waals surface area (Å²) < 4.78 is 26.5. The number of carbonyl (C=O) groups excluding carboxylic acids is 1. The molecule has 2 aromatic carbocycles. The molecule has 9 heteroatoms. The van der Waals surface area contributed by atoms with Gasteiger partial charge >= 0.3 is 5.97 Å². The number of halogens is 2. The van der Waals surface area contributed by atoms with Gasteiger partial charge in [-0.3, -0.25) is 14.9 Å². The molecular weight excluding hydrogens is 338 g/mol. The van der Waals surface area contributed by atoms with Crippen LogP contribution in [0.1, 0.15) is 15.9 Å². The number of benzene rings is 2. The standard InChI is InChI=1S/C16H12F2N2O5/c17-10-5-6-11(12(18)8-10)15(21)19-13(16(22)23)7-9-3-1-2-4-14(9)20(24)25/h1-6,8,13H,7H2,(H,19,21)(H,22,23)/t13-/m0/s1. The van der Waals surface area contributed by atoms with Gasteiger partial charge in [0.05, 0.1) is 10.5 Å². The van der Waals surface area contributed by atoms with Crippen LogP contribution >= 0.6 is 0 Å². The normalized spacial score (nSPS) is 11.6. The fourth-order valence-electron chi connectivity index (χ4n) is 2.19. The highest BCUT2D eigenvalue weighted by atomic mass is 19.1. The zero-order valence-corrected chi connectivity index (χ0v) is 12.6. The molecular formula is C16H12F2N2O5. The molecule has 2 N–H and O–H groups in total. The molecule has 0 saturated heterocycles. The quantitative estimate of drug-likeness (QED) is 0.614. The molecule has 1 amide bonds. The van der Waals surface area contributed by atoms with Gasteiger partial charge in [0.2, 0.25) is 0 Å². The maximum absolute atomic E-state index is 13.6. The first-order chi connectivity index (χ1) is 11.8. The van der Waals surface area contributed by atoms with Crippen LogP contribution in [0.2, 0.25) is 0 Å². The minimum Gasteiger partial charge on any atom is -0.480 e. The van der Waals surface area contributed by atoms with Crippen LogP contribution in [-0.2, 0) is 11.2 Å². The van der Waals surface area contributed by atoms with Crippen LogP contribution in [0, 0.1) is 21.7 Å². The van der Waals surface area contributed by atoms with Crippen LogP contribution in [0.3, 0.4) is 0 Å². The molecule has 7 nitrogen and oxygen atoms in total. The van der Waals surface area contributed by atoms with Crippen LogP contribution in [0.25, 0.3) is 0 Å². The van der Waals surface area contributed by atoms with Crippen LogP contribution in [-0.4, -0.2) is 27.9 Å². The van der Waals surface area contributed by atoms with Gasteiger partial charge in [-0.2, -0.15) is 0 Å². The topological polar surface area (TPSA) is 110 Å². The van der Waals surface area contributed by atoms with Gasteiger partial charge in [-0.05, 0) is 12.1 Å². The Morgan fingerprint density at radius 3 is 2.48 bits per heavy atom. The van der Waals surface area contributed by atoms with E-state index in [-0.39, 0.29) is 17.7 Å². The Morgan fingerprint density at radius 2 is 1.88 bits per heavy atom. The highest BCUT2D eigenvalue weighted by Crippen LogP contribution is 2.19. The van der Waals surface area contributed by atoms with Gasteiger partial charge in [0, 0.05) is 24.1 Å². The van der Waals surface area contributed by atoms with Crippen molar-refractivity contribution in [3.8, 4) is 0 Å². The summed E-state index contributed by atoms with van der Waals surface area (Å²) in [6.45, 7) is 0. The van der Waals surface area contributed by atoms with E-state index in [4.69, 9.17) is 0 Å². The number of carboxylic acid groups (broad SMARTS) is 1. The molecule has 1 atom stereocenters. The van der Waals surface area contributed by atoms with Crippen molar-refractivity contribution in [1.82, 2.24) is 5.32 Å². The van der Waals surface area contributed by atoms with Crippen molar-refractivity contribution in [3.63, 3.8) is 0 Å². The fraction of sp³-hybridized carbons (Fsp3) is 0.125. The number of nitro benzene ring substituents is 1. The second-order valence-electron chi connectivity index (χ2n) is 5.08. The van der Waals surface area contributed by atoms with Gasteiger partial charge in [-0.15, -0.1) is 0 Å². The van der Waals surface area contributed by atoms with Crippen molar-refractivity contribution < 1.29 is 28.4 Å². The van der Waals surface area contributed by atoms with E-state index >= 15 is 0 Å². The summed E-state index contributed by atoms with van der Waals surface area (Å²) >= 11 is 0. The number of hydrogen-bond donors (Lipinski definition) is 2. The van der Waals surface area contributed by atoms with Crippen molar-refractivity contribution >= 4 is 17.6 Å². The maximum atomic E-state index is 13.6. The molecule has 0 aliphatic heterocycles. The summed E-state index contributed by atoms with van der Waals surface area (Å²) in [6, 6.07) is 6.17. The minimum atomic E-state index is -1.53. The average molecular weight is 350 g/mol. The molecule has 25 heavy (non-hydrogen) atoms. The van der Waals surface area contributed by atoms with E-state index in [1.165, 1.54) is 24.3 Å². The molecule has 130 valence electrons. The molecule has 0 aliphatic carbocycles. The third-order valence-electron chi connectivity index (χ3n) is 3.39. The zero-order valence-electron chi connectivity index (χ0n) is 12.6. The van der Waals surface area contributed by atoms with Crippen molar-refractivity contribution in [3.05, 3.63) is 75.3 Å². The van der Waals surface area contributed by atoms with E-state index < -0.39 is 40.0 Å². The van der Waals surface area contributed by atoms with Crippen molar-refractivity contribution in [2.24, 2.45) is 0 Å². The van der Waals surface area contributed by atoms with Gasteiger partial charge in [-0.25, -0.2) is 13.6 Å². The first kappa shape index (κ1) is 18.0. The summed E-state index contributed by atoms with van der Waals surface area (Å²) in [7, 11) is 0. The smallest absolute Gasteiger partial charge is 0.326 e. The summed E-state index contributed by atoms with van der Waals surface area (Å²) in [5, 5.41) is 22.3. The Labute approximate surface area is 140 Å². The number of hydrogen-bond acceptors (Lipinski definition) is 4. The van der Waals surface area contributed by atoms with Gasteiger partial charge in [0.15, 0.2) is 0 Å². The second kappa shape index (κ2) is 7.47. The van der Waals surface area contributed by atoms with Crippen molar-refractivity contribution in [2.75, 3.05) is 0 Å². The van der Waals surface area contributed by atoms with E-state index in [2.05, 4.69) is 5.32 Å². The molecule has 0 fully saturated rings. The Kier molecular flexibility index (Phi) is 5.38. The number of aliphatic carboxylic acids is 1. The lowest BCUT2D eigenvalue weighted by Gasteiger charge is -2.15. The van der Waals surface area contributed by atoms with Gasteiger partial charge in [0.25, 0.3) is 11.6 Å². The number of amides is 1. The molecule has 0 unspecified atom stereocenters. The molecule has 0 aliphatic rings. The Balaban J connectivity index is 2.23. The highest BCUT2D eigenvalue weighted by molar-refractivity contribution is 5.96. The largest absolute Gasteiger partial charge is 0.480 e. The summed E-state index contributed by atoms with van der Waals surface area (Å²) in [4.78, 5) is 33.7. The molecule has 2 rings (SSSR count). The predicted molar refractivity (Wildman–Crippen MR) is 82.0 cm³/mol. The lowest BCUT2D eigenvalue weighted by atomic mass is 10.0. The van der Waals surface area contributed by atoms with E-state index in [0.717, 1.165) is 12.1 Å². The number of carbonyl (C=O) groups is 2. The number of nitrogens with one attached hydrogen (secondary N) is 1. The first-order valence-electron chi connectivity index (χ1n) is 7.00. The van der Waals surface area contributed by atoms with Crippen LogP contribution < -0.4 is 5.32 Å². The zero-order chi connectivity index (χ0) is 18.6. The lowest BCUT2D eigenvalue weighted by Crippen LogP contribution is -2.42. The first-order valence-corrected chi connectivity index (χ1v) is 7.00. The number of nitrogens with zero attached hydrogens (tertiary/aromatic N) is 1. The minimum absolute atomic E-state index is 0.0970. The average Bonchev–Trinajstić information content (AvgIpc) is 2.54. The third-order valence-corrected chi connectivity index (χ3v) is 3.39. The summed E-state index contributed by atoms with van der Waals surface area (Å²) in [5.74, 6) is -4.55. The maximum Gasteiger partial charge on any atom is 0.326 e. The fourth-order valence-corrected chi connectivity index (χ4v) is 2.19. The molecule has 0 saturated carbocycles. The van der Waals surface area contributed by atoms with Crippen molar-refractivity contribution in [2.45, 2.75) is 12.5 Å². The molecule has 0 bridgehead atoms. The SMILES string of the molecule is O=C(N[C@@H](Cc1ccccc1[N+](=O)[O-])C(=O)O)c1ccc(F)cc1F. The predicted octanol–water partition coefficient (Wildman–Crippen LogP) is 2.30. The van der Waals surface area contributed by atoms with E-state index in [9.17, 15) is 33.6 Å². The van der Waals surface area contributed by atoms with Crippen LogP contribution in [0.15, 0.2) is 42.5 Å². The molecule has 2 aromatic rings. The third kappa shape index (κ3) is 4.34. The molecule has 0 aromatic heterocycles. The van der Waals surface area contributed by atoms with Crippen LogP contribution in [0.4, 0.5) is 14.5 Å². The van der Waals surface area contributed by atoms with E-state index in [0.29, 0.717) is 6.07 Å². The number of para-hydroxylation sites is 1. The lowest BCUT2D eigenvalue weighted by molar-refractivity contribution is -0.385. The van der Waals surface area contributed by atoms with Gasteiger partial charge in [-0.1, -0.05) is 18.2 Å². The van der Waals surface area contributed by atoms with E-state index in [1.807, 2.05) is 0 Å². The van der Waals surface area contributed by atoms with Gasteiger partial charge in [0.1, 0.15) is 17.7 Å².